The third-order valence-electron chi connectivity index (χ3n) is 12.3. The first kappa shape index (κ1) is 72.5. The number of methoxy groups -OCH3 is 2. The Morgan fingerprint density at radius 3 is 0.744 bits per heavy atom. The van der Waals surface area contributed by atoms with Crippen LogP contribution in [0.5, 0.6) is 0 Å². The lowest BCUT2D eigenvalue weighted by atomic mass is 9.96. The molecular weight excluding hydrogens is 1200 g/mol. The van der Waals surface area contributed by atoms with Crippen molar-refractivity contribution in [2.75, 3.05) is 50.4 Å². The summed E-state index contributed by atoms with van der Waals surface area (Å²) in [7, 11) is 2.39. The third kappa shape index (κ3) is 22.0. The largest absolute Gasteiger partial charge is 0.463 e. The molecule has 20 atom stereocenters. The minimum atomic E-state index is -1.83. The lowest BCUT2D eigenvalue weighted by Crippen LogP contribution is -2.67. The summed E-state index contributed by atoms with van der Waals surface area (Å²) in [5.74, 6) is -10.4. The molecule has 4 aliphatic rings. The highest BCUT2D eigenvalue weighted by molar-refractivity contribution is 8.02. The predicted molar refractivity (Wildman–Crippen MR) is 282 cm³/mol. The molecule has 4 aliphatic heterocycles. The zero-order chi connectivity index (χ0) is 64.3. The lowest BCUT2D eigenvalue weighted by Gasteiger charge is -2.48. The van der Waals surface area contributed by atoms with E-state index in [2.05, 4.69) is 0 Å². The number of thioether (sulfide) groups is 2. The van der Waals surface area contributed by atoms with Crippen molar-refractivity contribution in [2.45, 2.75) is 206 Å². The summed E-state index contributed by atoms with van der Waals surface area (Å²) in [6, 6.07) is 0. The molecule has 0 aromatic carbocycles. The molecule has 0 amide bonds. The standard InChI is InChI=1S/C52H74O32S2/c1-21(53)67-17-33-37(41(71-25(5)57)45(75-29(9)61)49(65-13)79-33)83-51-47(77-31(11)63)43(73-27(7)59)39(69-23(3)55)35(81-51)19-85-15-16-86-20-36-40(70-24(4)56)44(74-28(8)60)48(78-32(12)64)52(82-36)84-38-34(18-68-22(2)54)80-50(66-14)46(76-30(10)62)42(38)72-26(6)58/h33-52H,15-20H2,1-14H3/t33-,34-,35-,36-,37+,38+,39+,40+,41+,42+,43+,44+,45-,46-,47-,48-,49-,50-,51+,52+/m1/s1. The zero-order valence-electron chi connectivity index (χ0n) is 49.7. The minimum Gasteiger partial charge on any atom is -0.463 e. The Labute approximate surface area is 502 Å². The summed E-state index contributed by atoms with van der Waals surface area (Å²) in [6.07, 6.45) is -31.3. The highest BCUT2D eigenvalue weighted by Crippen LogP contribution is 2.39. The maximum Gasteiger partial charge on any atom is 0.303 e. The molecule has 86 heavy (non-hydrogen) atoms. The number of esters is 12. The van der Waals surface area contributed by atoms with E-state index in [0.29, 0.717) is 0 Å². The molecule has 32 nitrogen and oxygen atoms in total. The molecule has 0 bridgehead atoms. The van der Waals surface area contributed by atoms with Gasteiger partial charge in [-0.1, -0.05) is 0 Å². The van der Waals surface area contributed by atoms with Crippen LogP contribution in [-0.4, -0.2) is 245 Å². The van der Waals surface area contributed by atoms with Gasteiger partial charge in [-0.25, -0.2) is 0 Å². The molecule has 0 spiro atoms. The van der Waals surface area contributed by atoms with Crippen molar-refractivity contribution < 1.29 is 152 Å². The molecule has 4 fully saturated rings. The summed E-state index contributed by atoms with van der Waals surface area (Å²) < 4.78 is 116. The Kier molecular flexibility index (Phi) is 29.1. The summed E-state index contributed by atoms with van der Waals surface area (Å²) in [6.45, 7) is 11.5. The number of hydrogen-bond acceptors (Lipinski definition) is 34. The fourth-order valence-corrected chi connectivity index (χ4v) is 11.7. The number of rotatable bonds is 27. The molecular formula is C52H74O32S2. The molecule has 0 N–H and O–H groups in total. The Morgan fingerprint density at radius 1 is 0.279 bits per heavy atom. The monoisotopic (exact) mass is 1270 g/mol. The van der Waals surface area contributed by atoms with Gasteiger partial charge < -0.3 is 94.7 Å². The zero-order valence-corrected chi connectivity index (χ0v) is 51.3. The normalized spacial score (nSPS) is 32.3. The van der Waals surface area contributed by atoms with Crippen LogP contribution in [0.2, 0.25) is 0 Å². The fraction of sp³-hybridized carbons (Fsp3) is 0.769. The highest BCUT2D eigenvalue weighted by atomic mass is 32.2. The number of hydrogen-bond donors (Lipinski definition) is 0. The SMILES string of the molecule is CO[C@@H]1O[C@H](COC(C)=O)[C@H](O[C@@H]2O[C@H](CSCCSC[C@H]3O[C@@H](O[C@@H]4[C@H](OC(C)=O)[C@@H](OC(C)=O)[C@H](OC)O[C@@H]4COC(C)=O)[C@H](OC(C)=O)[C@@H](OC(C)=O)[C@H]3OC(C)=O)[C@H](OC(C)=O)[C@H](OC(C)=O)[C@H]2OC(C)=O)[C@H](OC(C)=O)[C@H]1OC(C)=O. The van der Waals surface area contributed by atoms with Gasteiger partial charge in [-0.15, -0.1) is 0 Å². The van der Waals surface area contributed by atoms with Crippen LogP contribution >= 0.6 is 23.5 Å². The lowest BCUT2D eigenvalue weighted by molar-refractivity contribution is -0.356. The summed E-state index contributed by atoms with van der Waals surface area (Å²) in [4.78, 5) is 151. The van der Waals surface area contributed by atoms with E-state index in [-0.39, 0.29) is 23.0 Å². The van der Waals surface area contributed by atoms with Gasteiger partial charge in [0.25, 0.3) is 0 Å². The van der Waals surface area contributed by atoms with Gasteiger partial charge in [0, 0.05) is 120 Å². The Hall–Kier alpha value is -5.98. The molecule has 0 aromatic heterocycles. The minimum absolute atomic E-state index is 0.111. The van der Waals surface area contributed by atoms with E-state index in [9.17, 15) is 57.5 Å². The maximum atomic E-state index is 12.8. The van der Waals surface area contributed by atoms with Crippen LogP contribution in [0.4, 0.5) is 0 Å². The number of carbonyl (C=O) groups excluding carboxylic acids is 12. The van der Waals surface area contributed by atoms with Gasteiger partial charge in [0.1, 0.15) is 49.8 Å². The Morgan fingerprint density at radius 2 is 0.500 bits per heavy atom. The van der Waals surface area contributed by atoms with Crippen molar-refractivity contribution >= 4 is 95.2 Å². The van der Waals surface area contributed by atoms with Gasteiger partial charge in [0.15, 0.2) is 86.2 Å². The average molecular weight is 1280 g/mol. The first-order valence-electron chi connectivity index (χ1n) is 26.6. The van der Waals surface area contributed by atoms with E-state index in [1.54, 1.807) is 0 Å². The molecule has 0 unspecified atom stereocenters. The van der Waals surface area contributed by atoms with Gasteiger partial charge in [-0.3, -0.25) is 57.5 Å². The first-order valence-corrected chi connectivity index (χ1v) is 28.9. The molecule has 0 aromatic rings. The van der Waals surface area contributed by atoms with Gasteiger partial charge in [0.05, 0.1) is 0 Å². The Balaban J connectivity index is 1.71. The average Bonchev–Trinajstić information content (AvgIpc) is 3.00. The first-order chi connectivity index (χ1) is 40.4. The quantitative estimate of drug-likeness (QED) is 0.0587. The van der Waals surface area contributed by atoms with E-state index in [0.717, 1.165) is 83.1 Å². The van der Waals surface area contributed by atoms with Crippen molar-refractivity contribution in [1.29, 1.82) is 0 Å². The van der Waals surface area contributed by atoms with E-state index in [1.165, 1.54) is 37.7 Å². The fourth-order valence-electron chi connectivity index (χ4n) is 9.44. The topological polar surface area (TPSA) is 389 Å². The van der Waals surface area contributed by atoms with Crippen LogP contribution in [0, 0.1) is 0 Å². The van der Waals surface area contributed by atoms with E-state index in [4.69, 9.17) is 94.7 Å². The summed E-state index contributed by atoms with van der Waals surface area (Å²) in [5, 5.41) is 0. The van der Waals surface area contributed by atoms with Crippen molar-refractivity contribution in [1.82, 2.24) is 0 Å². The second-order valence-electron chi connectivity index (χ2n) is 19.3. The maximum absolute atomic E-state index is 12.8. The van der Waals surface area contributed by atoms with E-state index >= 15 is 0 Å². The summed E-state index contributed by atoms with van der Waals surface area (Å²) in [5.41, 5.74) is 0. The van der Waals surface area contributed by atoms with Crippen molar-refractivity contribution in [3.63, 3.8) is 0 Å². The molecule has 4 saturated heterocycles. The molecule has 0 aliphatic carbocycles. The van der Waals surface area contributed by atoms with Crippen molar-refractivity contribution in [3.05, 3.63) is 0 Å². The molecule has 0 saturated carbocycles. The van der Waals surface area contributed by atoms with Crippen LogP contribution < -0.4 is 0 Å². The molecule has 34 heteroatoms. The smallest absolute Gasteiger partial charge is 0.303 e. The van der Waals surface area contributed by atoms with Gasteiger partial charge >= 0.3 is 71.6 Å². The van der Waals surface area contributed by atoms with Gasteiger partial charge in [-0.05, 0) is 0 Å². The van der Waals surface area contributed by atoms with Gasteiger partial charge in [0.2, 0.25) is 0 Å². The Bertz CT molecular complexity index is 2230. The van der Waals surface area contributed by atoms with Gasteiger partial charge in [-0.2, -0.15) is 23.5 Å². The van der Waals surface area contributed by atoms with Crippen molar-refractivity contribution in [2.24, 2.45) is 0 Å². The van der Waals surface area contributed by atoms with Crippen LogP contribution in [0.1, 0.15) is 83.1 Å². The van der Waals surface area contributed by atoms with E-state index < -0.39 is 208 Å². The van der Waals surface area contributed by atoms with Crippen molar-refractivity contribution in [3.8, 4) is 0 Å². The number of ether oxygens (including phenoxy) is 20. The molecule has 4 heterocycles. The second-order valence-corrected chi connectivity index (χ2v) is 21.6. The third-order valence-corrected chi connectivity index (χ3v) is 14.6. The van der Waals surface area contributed by atoms with E-state index in [1.807, 2.05) is 0 Å². The second kappa shape index (κ2) is 34.5. The molecule has 486 valence electrons. The number of carbonyl (C=O) groups is 12. The predicted octanol–water partition coefficient (Wildman–Crippen LogP) is -0.141. The van der Waals surface area contributed by atoms with Crippen LogP contribution in [0.3, 0.4) is 0 Å². The highest BCUT2D eigenvalue weighted by Gasteiger charge is 2.60. The molecule has 0 radical (unpaired) electrons. The van der Waals surface area contributed by atoms with Crippen LogP contribution in [0.25, 0.3) is 0 Å². The van der Waals surface area contributed by atoms with Crippen LogP contribution in [0.15, 0.2) is 0 Å². The molecule has 4 rings (SSSR count). The summed E-state index contributed by atoms with van der Waals surface area (Å²) >= 11 is 2.36. The van der Waals surface area contributed by atoms with Crippen LogP contribution in [-0.2, 0) is 152 Å².